The van der Waals surface area contributed by atoms with Crippen LogP contribution >= 0.6 is 0 Å². The van der Waals surface area contributed by atoms with E-state index in [1.54, 1.807) is 0 Å². The maximum atomic E-state index is 11.8. The number of nitrogens with one attached hydrogen (secondary N) is 3. The first-order valence-corrected chi connectivity index (χ1v) is 12.2. The van der Waals surface area contributed by atoms with Gasteiger partial charge < -0.3 is 15.4 Å². The maximum absolute atomic E-state index is 11.8. The molecule has 1 heterocycles. The van der Waals surface area contributed by atoms with Crippen molar-refractivity contribution < 1.29 is 13.2 Å². The van der Waals surface area contributed by atoms with Gasteiger partial charge in [0.05, 0.1) is 18.3 Å². The van der Waals surface area contributed by atoms with Crippen molar-refractivity contribution in [3.05, 3.63) is 65.2 Å². The van der Waals surface area contributed by atoms with Crippen LogP contribution in [0.4, 0.5) is 0 Å². The molecular formula is C23H32N4O3S. The van der Waals surface area contributed by atoms with E-state index >= 15 is 0 Å². The molecule has 0 bridgehead atoms. The largest absolute Gasteiger partial charge is 0.487 e. The molecule has 0 aromatic heterocycles. The van der Waals surface area contributed by atoms with E-state index in [9.17, 15) is 8.42 Å². The number of benzene rings is 2. The number of ether oxygens (including phenoxy) is 1. The first-order chi connectivity index (χ1) is 14.7. The van der Waals surface area contributed by atoms with Crippen LogP contribution in [-0.2, 0) is 22.3 Å². The molecule has 0 aliphatic carbocycles. The Kier molecular flexibility index (Phi) is 7.23. The van der Waals surface area contributed by atoms with Crippen LogP contribution in [0.2, 0.25) is 0 Å². The Morgan fingerprint density at radius 1 is 1.16 bits per heavy atom. The summed E-state index contributed by atoms with van der Waals surface area (Å²) in [5, 5.41) is 6.87. The van der Waals surface area contributed by atoms with Crippen molar-refractivity contribution >= 4 is 16.0 Å². The van der Waals surface area contributed by atoms with Gasteiger partial charge in [-0.1, -0.05) is 42.5 Å². The zero-order chi connectivity index (χ0) is 22.5. The SMILES string of the molecule is CCNC(=NCc1cccc(CS(=O)(=O)NC)c1)NC1CC(C)(C)Oc2ccccc21. The van der Waals surface area contributed by atoms with Crippen molar-refractivity contribution in [2.45, 2.75) is 51.1 Å². The summed E-state index contributed by atoms with van der Waals surface area (Å²) in [4.78, 5) is 4.74. The molecule has 3 N–H and O–H groups in total. The minimum Gasteiger partial charge on any atom is -0.487 e. The number of fused-ring (bicyclic) bond motifs is 1. The Balaban J connectivity index is 1.77. The Morgan fingerprint density at radius 3 is 2.65 bits per heavy atom. The van der Waals surface area contributed by atoms with E-state index in [-0.39, 0.29) is 17.4 Å². The van der Waals surface area contributed by atoms with Crippen molar-refractivity contribution in [1.82, 2.24) is 15.4 Å². The molecule has 7 nitrogen and oxygen atoms in total. The molecule has 2 aromatic carbocycles. The van der Waals surface area contributed by atoms with Crippen LogP contribution in [0.3, 0.4) is 0 Å². The summed E-state index contributed by atoms with van der Waals surface area (Å²) in [5.41, 5.74) is 2.52. The number of sulfonamides is 1. The Labute approximate surface area is 185 Å². The zero-order valence-corrected chi connectivity index (χ0v) is 19.4. The average molecular weight is 445 g/mol. The molecule has 0 radical (unpaired) electrons. The third kappa shape index (κ3) is 6.45. The molecule has 2 aromatic rings. The summed E-state index contributed by atoms with van der Waals surface area (Å²) in [7, 11) is -1.89. The van der Waals surface area contributed by atoms with Gasteiger partial charge >= 0.3 is 0 Å². The summed E-state index contributed by atoms with van der Waals surface area (Å²) in [6.07, 6.45) is 0.811. The van der Waals surface area contributed by atoms with Gasteiger partial charge in [-0.15, -0.1) is 0 Å². The van der Waals surface area contributed by atoms with E-state index in [4.69, 9.17) is 9.73 Å². The van der Waals surface area contributed by atoms with Gasteiger partial charge in [0.25, 0.3) is 0 Å². The molecule has 168 valence electrons. The smallest absolute Gasteiger partial charge is 0.215 e. The Hall–Kier alpha value is -2.58. The molecule has 31 heavy (non-hydrogen) atoms. The molecule has 1 unspecified atom stereocenters. The van der Waals surface area contributed by atoms with Crippen LogP contribution in [0.15, 0.2) is 53.5 Å². The number of hydrogen-bond donors (Lipinski definition) is 3. The minimum atomic E-state index is -3.31. The molecule has 0 spiro atoms. The lowest BCUT2D eigenvalue weighted by Crippen LogP contribution is -2.45. The van der Waals surface area contributed by atoms with Gasteiger partial charge in [-0.2, -0.15) is 0 Å². The molecule has 3 rings (SSSR count). The molecule has 1 atom stereocenters. The number of rotatable bonds is 7. The lowest BCUT2D eigenvalue weighted by molar-refractivity contribution is 0.0694. The number of aliphatic imine (C=N–C) groups is 1. The number of hydrogen-bond acceptors (Lipinski definition) is 4. The van der Waals surface area contributed by atoms with Crippen LogP contribution in [0.1, 0.15) is 49.9 Å². The predicted molar refractivity (Wildman–Crippen MR) is 125 cm³/mol. The van der Waals surface area contributed by atoms with Gasteiger partial charge in [-0.25, -0.2) is 18.1 Å². The summed E-state index contributed by atoms with van der Waals surface area (Å²) in [6.45, 7) is 7.39. The summed E-state index contributed by atoms with van der Waals surface area (Å²) < 4.78 is 32.2. The zero-order valence-electron chi connectivity index (χ0n) is 18.6. The van der Waals surface area contributed by atoms with Gasteiger partial charge in [0.2, 0.25) is 10.0 Å². The molecule has 1 aliphatic rings. The third-order valence-electron chi connectivity index (χ3n) is 5.11. The van der Waals surface area contributed by atoms with E-state index in [0.29, 0.717) is 12.5 Å². The lowest BCUT2D eigenvalue weighted by Gasteiger charge is -2.38. The van der Waals surface area contributed by atoms with Crippen LogP contribution < -0.4 is 20.1 Å². The molecule has 0 saturated heterocycles. The second kappa shape index (κ2) is 9.70. The second-order valence-corrected chi connectivity index (χ2v) is 10.2. The van der Waals surface area contributed by atoms with Crippen LogP contribution in [0, 0.1) is 0 Å². The molecule has 0 fully saturated rings. The van der Waals surface area contributed by atoms with Gasteiger partial charge in [-0.05, 0) is 45.0 Å². The summed E-state index contributed by atoms with van der Waals surface area (Å²) in [6, 6.07) is 15.7. The highest BCUT2D eigenvalue weighted by Gasteiger charge is 2.33. The molecule has 0 amide bonds. The van der Waals surface area contributed by atoms with Gasteiger partial charge in [0.15, 0.2) is 5.96 Å². The third-order valence-corrected chi connectivity index (χ3v) is 6.45. The van der Waals surface area contributed by atoms with Crippen LogP contribution in [0.5, 0.6) is 5.75 Å². The molecule has 1 aliphatic heterocycles. The maximum Gasteiger partial charge on any atom is 0.215 e. The van der Waals surface area contributed by atoms with Gasteiger partial charge in [0.1, 0.15) is 11.4 Å². The van der Waals surface area contributed by atoms with Crippen molar-refractivity contribution in [3.63, 3.8) is 0 Å². The van der Waals surface area contributed by atoms with E-state index in [1.165, 1.54) is 7.05 Å². The fourth-order valence-electron chi connectivity index (χ4n) is 3.70. The highest BCUT2D eigenvalue weighted by atomic mass is 32.2. The van der Waals surface area contributed by atoms with Gasteiger partial charge in [-0.3, -0.25) is 0 Å². The fraction of sp³-hybridized carbons (Fsp3) is 0.435. The van der Waals surface area contributed by atoms with E-state index in [0.717, 1.165) is 35.4 Å². The standard InChI is InChI=1S/C23H32N4O3S/c1-5-25-22(26-15-17-9-8-10-18(13-17)16-31(28,29)24-4)27-20-14-23(2,3)30-21-12-7-6-11-19(20)21/h6-13,20,24H,5,14-16H2,1-4H3,(H2,25,26,27). The number of nitrogens with zero attached hydrogens (tertiary/aromatic N) is 1. The van der Waals surface area contributed by atoms with Gasteiger partial charge in [0, 0.05) is 18.5 Å². The minimum absolute atomic E-state index is 0.0483. The first kappa shape index (κ1) is 23.1. The normalized spacial score (nSPS) is 18.1. The van der Waals surface area contributed by atoms with Crippen LogP contribution in [0.25, 0.3) is 0 Å². The van der Waals surface area contributed by atoms with Crippen molar-refractivity contribution in [2.24, 2.45) is 4.99 Å². The van der Waals surface area contributed by atoms with E-state index in [2.05, 4.69) is 35.3 Å². The predicted octanol–water partition coefficient (Wildman–Crippen LogP) is 3.09. The first-order valence-electron chi connectivity index (χ1n) is 10.5. The lowest BCUT2D eigenvalue weighted by atomic mass is 9.90. The van der Waals surface area contributed by atoms with Crippen molar-refractivity contribution in [1.29, 1.82) is 0 Å². The highest BCUT2D eigenvalue weighted by molar-refractivity contribution is 7.88. The quantitative estimate of drug-likeness (QED) is 0.451. The topological polar surface area (TPSA) is 91.8 Å². The molecule has 0 saturated carbocycles. The molecular weight excluding hydrogens is 412 g/mol. The highest BCUT2D eigenvalue weighted by Crippen LogP contribution is 2.39. The number of guanidine groups is 1. The van der Waals surface area contributed by atoms with Crippen LogP contribution in [-0.4, -0.2) is 33.6 Å². The Bertz CT molecular complexity index is 1030. The monoisotopic (exact) mass is 444 g/mol. The average Bonchev–Trinajstić information content (AvgIpc) is 2.71. The van der Waals surface area contributed by atoms with Crippen molar-refractivity contribution in [3.8, 4) is 5.75 Å². The van der Waals surface area contributed by atoms with Crippen molar-refractivity contribution in [2.75, 3.05) is 13.6 Å². The summed E-state index contributed by atoms with van der Waals surface area (Å²) >= 11 is 0. The Morgan fingerprint density at radius 2 is 1.90 bits per heavy atom. The molecule has 8 heteroatoms. The van der Waals surface area contributed by atoms with E-state index in [1.807, 2.05) is 49.4 Å². The fourth-order valence-corrected chi connectivity index (χ4v) is 4.46. The number of para-hydroxylation sites is 1. The summed E-state index contributed by atoms with van der Waals surface area (Å²) in [5.74, 6) is 1.56. The van der Waals surface area contributed by atoms with E-state index < -0.39 is 10.0 Å². The second-order valence-electron chi connectivity index (χ2n) is 8.28.